The average Bonchev–Trinajstić information content (AvgIpc) is 2.68. The van der Waals surface area contributed by atoms with Gasteiger partial charge in [-0.2, -0.15) is 0 Å². The smallest absolute Gasteiger partial charge is 0.260 e. The third-order valence-corrected chi connectivity index (χ3v) is 5.06. The molecule has 2 saturated heterocycles. The molecule has 0 unspecified atom stereocenters. The highest BCUT2D eigenvalue weighted by Gasteiger charge is 2.26. The molecule has 26 heavy (non-hydrogen) atoms. The van der Waals surface area contributed by atoms with Gasteiger partial charge in [0.05, 0.1) is 13.2 Å². The molecular formula is C20H30N2O4. The maximum absolute atomic E-state index is 12.9. The van der Waals surface area contributed by atoms with Crippen LogP contribution in [0.15, 0.2) is 24.3 Å². The highest BCUT2D eigenvalue weighted by Crippen LogP contribution is 2.17. The molecule has 1 amide bonds. The summed E-state index contributed by atoms with van der Waals surface area (Å²) in [4.78, 5) is 17.3. The van der Waals surface area contributed by atoms with Gasteiger partial charge in [-0.1, -0.05) is 12.1 Å². The summed E-state index contributed by atoms with van der Waals surface area (Å²) in [6, 6.07) is 8.07. The standard InChI is InChI=1S/C20H30N2O4/c1-17-3-2-4-19(15-17)26-16-20(23)22(18-5-11-24-12-6-18)8-7-21-9-13-25-14-10-21/h2-4,15,18H,5-14,16H2,1H3. The monoisotopic (exact) mass is 362 g/mol. The highest BCUT2D eigenvalue weighted by atomic mass is 16.5. The van der Waals surface area contributed by atoms with Crippen molar-refractivity contribution in [3.05, 3.63) is 29.8 Å². The molecule has 0 N–H and O–H groups in total. The van der Waals surface area contributed by atoms with Gasteiger partial charge in [0, 0.05) is 45.4 Å². The fraction of sp³-hybridized carbons (Fsp3) is 0.650. The predicted molar refractivity (Wildman–Crippen MR) is 99.5 cm³/mol. The van der Waals surface area contributed by atoms with E-state index in [1.165, 1.54) is 0 Å². The number of carbonyl (C=O) groups is 1. The summed E-state index contributed by atoms with van der Waals surface area (Å²) in [5, 5.41) is 0. The Morgan fingerprint density at radius 3 is 2.65 bits per heavy atom. The number of hydrogen-bond donors (Lipinski definition) is 0. The van der Waals surface area contributed by atoms with Crippen LogP contribution in [0.5, 0.6) is 5.75 Å². The number of morpholine rings is 1. The first-order valence-corrected chi connectivity index (χ1v) is 9.59. The molecule has 0 atom stereocenters. The molecule has 0 saturated carbocycles. The van der Waals surface area contributed by atoms with Crippen LogP contribution in [0, 0.1) is 6.92 Å². The molecular weight excluding hydrogens is 332 g/mol. The van der Waals surface area contributed by atoms with Crippen LogP contribution in [0.25, 0.3) is 0 Å². The summed E-state index contributed by atoms with van der Waals surface area (Å²) in [6.07, 6.45) is 1.80. The van der Waals surface area contributed by atoms with E-state index in [4.69, 9.17) is 14.2 Å². The summed E-state index contributed by atoms with van der Waals surface area (Å²) in [7, 11) is 0. The minimum absolute atomic E-state index is 0.0617. The van der Waals surface area contributed by atoms with E-state index in [2.05, 4.69) is 4.90 Å². The molecule has 2 heterocycles. The zero-order chi connectivity index (χ0) is 18.2. The van der Waals surface area contributed by atoms with Gasteiger partial charge in [-0.25, -0.2) is 0 Å². The van der Waals surface area contributed by atoms with Crippen molar-refractivity contribution < 1.29 is 19.0 Å². The van der Waals surface area contributed by atoms with Crippen molar-refractivity contribution in [3.8, 4) is 5.75 Å². The number of benzene rings is 1. The van der Waals surface area contributed by atoms with Crippen molar-refractivity contribution >= 4 is 5.91 Å². The quantitative estimate of drug-likeness (QED) is 0.739. The zero-order valence-electron chi connectivity index (χ0n) is 15.7. The van der Waals surface area contributed by atoms with E-state index < -0.39 is 0 Å². The van der Waals surface area contributed by atoms with E-state index in [1.807, 2.05) is 36.1 Å². The normalized spacial score (nSPS) is 19.3. The number of carbonyl (C=O) groups excluding carboxylic acids is 1. The lowest BCUT2D eigenvalue weighted by Gasteiger charge is -2.36. The Morgan fingerprint density at radius 2 is 1.92 bits per heavy atom. The van der Waals surface area contributed by atoms with E-state index in [-0.39, 0.29) is 18.6 Å². The first kappa shape index (κ1) is 19.1. The fourth-order valence-electron chi connectivity index (χ4n) is 3.51. The molecule has 144 valence electrons. The lowest BCUT2D eigenvalue weighted by atomic mass is 10.1. The molecule has 0 radical (unpaired) electrons. The van der Waals surface area contributed by atoms with Crippen LogP contribution in [0.2, 0.25) is 0 Å². The molecule has 2 fully saturated rings. The Bertz CT molecular complexity index is 569. The van der Waals surface area contributed by atoms with Crippen molar-refractivity contribution in [1.29, 1.82) is 0 Å². The van der Waals surface area contributed by atoms with E-state index >= 15 is 0 Å². The third kappa shape index (κ3) is 5.69. The lowest BCUT2D eigenvalue weighted by Crippen LogP contribution is -2.49. The molecule has 0 spiro atoms. The van der Waals surface area contributed by atoms with Crippen LogP contribution >= 0.6 is 0 Å². The van der Waals surface area contributed by atoms with Crippen molar-refractivity contribution in [1.82, 2.24) is 9.80 Å². The van der Waals surface area contributed by atoms with Gasteiger partial charge in [-0.15, -0.1) is 0 Å². The van der Waals surface area contributed by atoms with Crippen molar-refractivity contribution in [2.24, 2.45) is 0 Å². The molecule has 1 aromatic carbocycles. The third-order valence-electron chi connectivity index (χ3n) is 5.06. The molecule has 1 aromatic rings. The molecule has 6 heteroatoms. The lowest BCUT2D eigenvalue weighted by molar-refractivity contribution is -0.138. The first-order chi connectivity index (χ1) is 12.7. The second kappa shape index (κ2) is 9.90. The minimum Gasteiger partial charge on any atom is -0.484 e. The van der Waals surface area contributed by atoms with Gasteiger partial charge in [-0.3, -0.25) is 9.69 Å². The van der Waals surface area contributed by atoms with Crippen molar-refractivity contribution in [3.63, 3.8) is 0 Å². The van der Waals surface area contributed by atoms with Gasteiger partial charge in [0.2, 0.25) is 0 Å². The van der Waals surface area contributed by atoms with Crippen LogP contribution in [0.1, 0.15) is 18.4 Å². The number of aryl methyl sites for hydroxylation is 1. The predicted octanol–water partition coefficient (Wildman–Crippen LogP) is 1.71. The van der Waals surface area contributed by atoms with Crippen LogP contribution in [-0.4, -0.2) is 81.0 Å². The van der Waals surface area contributed by atoms with E-state index in [1.54, 1.807) is 0 Å². The summed E-state index contributed by atoms with van der Waals surface area (Å²) in [5.74, 6) is 0.810. The maximum atomic E-state index is 12.9. The first-order valence-electron chi connectivity index (χ1n) is 9.59. The van der Waals surface area contributed by atoms with E-state index in [0.29, 0.717) is 0 Å². The molecule has 2 aliphatic rings. The second-order valence-electron chi connectivity index (χ2n) is 6.99. The van der Waals surface area contributed by atoms with Gasteiger partial charge >= 0.3 is 0 Å². The number of amides is 1. The summed E-state index contributed by atoms with van der Waals surface area (Å²) >= 11 is 0. The highest BCUT2D eigenvalue weighted by molar-refractivity contribution is 5.78. The minimum atomic E-state index is 0.0617. The van der Waals surface area contributed by atoms with Crippen molar-refractivity contribution in [2.45, 2.75) is 25.8 Å². The number of hydrogen-bond acceptors (Lipinski definition) is 5. The Kier molecular flexibility index (Phi) is 7.29. The van der Waals surface area contributed by atoms with Crippen LogP contribution in [-0.2, 0) is 14.3 Å². The number of ether oxygens (including phenoxy) is 3. The largest absolute Gasteiger partial charge is 0.484 e. The molecule has 0 bridgehead atoms. The van der Waals surface area contributed by atoms with Crippen molar-refractivity contribution in [2.75, 3.05) is 59.2 Å². The molecule has 6 nitrogen and oxygen atoms in total. The Labute approximate surface area is 156 Å². The molecule has 3 rings (SSSR count). The van der Waals surface area contributed by atoms with Crippen LogP contribution < -0.4 is 4.74 Å². The molecule has 0 aliphatic carbocycles. The number of rotatable bonds is 7. The Hall–Kier alpha value is -1.63. The van der Waals surface area contributed by atoms with Crippen LogP contribution in [0.4, 0.5) is 0 Å². The topological polar surface area (TPSA) is 51.2 Å². The molecule has 2 aliphatic heterocycles. The van der Waals surface area contributed by atoms with Gasteiger partial charge in [0.1, 0.15) is 5.75 Å². The second-order valence-corrected chi connectivity index (χ2v) is 6.99. The Balaban J connectivity index is 1.56. The molecule has 0 aromatic heterocycles. The summed E-state index contributed by atoms with van der Waals surface area (Å²) < 4.78 is 16.6. The van der Waals surface area contributed by atoms with Gasteiger partial charge in [-0.05, 0) is 37.5 Å². The van der Waals surface area contributed by atoms with Crippen LogP contribution in [0.3, 0.4) is 0 Å². The van der Waals surface area contributed by atoms with E-state index in [9.17, 15) is 4.79 Å². The maximum Gasteiger partial charge on any atom is 0.260 e. The summed E-state index contributed by atoms with van der Waals surface area (Å²) in [6.45, 7) is 8.62. The fourth-order valence-corrected chi connectivity index (χ4v) is 3.51. The number of nitrogens with zero attached hydrogens (tertiary/aromatic N) is 2. The van der Waals surface area contributed by atoms with Gasteiger partial charge in [0.15, 0.2) is 6.61 Å². The Morgan fingerprint density at radius 1 is 1.19 bits per heavy atom. The van der Waals surface area contributed by atoms with Gasteiger partial charge < -0.3 is 19.1 Å². The van der Waals surface area contributed by atoms with E-state index in [0.717, 1.165) is 76.8 Å². The average molecular weight is 362 g/mol. The summed E-state index contributed by atoms with van der Waals surface area (Å²) in [5.41, 5.74) is 1.13. The van der Waals surface area contributed by atoms with Gasteiger partial charge in [0.25, 0.3) is 5.91 Å². The SMILES string of the molecule is Cc1cccc(OCC(=O)N(CCN2CCOCC2)C2CCOCC2)c1. The zero-order valence-corrected chi connectivity index (χ0v) is 15.7.